The fourth-order valence-electron chi connectivity index (χ4n) is 4.51. The van der Waals surface area contributed by atoms with E-state index >= 15 is 0 Å². The van der Waals surface area contributed by atoms with Crippen LogP contribution in [0.4, 0.5) is 4.79 Å². The number of hydrogen-bond donors (Lipinski definition) is 2. The lowest BCUT2D eigenvalue weighted by atomic mass is 9.82. The molecule has 2 atom stereocenters. The van der Waals surface area contributed by atoms with Gasteiger partial charge in [-0.1, -0.05) is 12.8 Å². The smallest absolute Gasteiger partial charge is 0.317 e. The highest BCUT2D eigenvalue weighted by atomic mass is 16.3. The maximum Gasteiger partial charge on any atom is 0.317 e. The van der Waals surface area contributed by atoms with Crippen molar-refractivity contribution in [2.75, 3.05) is 13.7 Å². The van der Waals surface area contributed by atoms with E-state index in [0.29, 0.717) is 24.6 Å². The van der Waals surface area contributed by atoms with Crippen molar-refractivity contribution in [3.63, 3.8) is 0 Å². The number of nitrogens with one attached hydrogen (secondary N) is 1. The van der Waals surface area contributed by atoms with E-state index in [4.69, 9.17) is 0 Å². The molecule has 0 radical (unpaired) electrons. The lowest BCUT2D eigenvalue weighted by molar-refractivity contribution is 0.130. The van der Waals surface area contributed by atoms with Crippen molar-refractivity contribution in [3.05, 3.63) is 0 Å². The average molecular weight is 308 g/mol. The summed E-state index contributed by atoms with van der Waals surface area (Å²) in [5.74, 6) is 2.28. The van der Waals surface area contributed by atoms with Crippen LogP contribution in [0.3, 0.4) is 0 Å². The van der Waals surface area contributed by atoms with Crippen LogP contribution in [0.2, 0.25) is 0 Å². The van der Waals surface area contributed by atoms with Gasteiger partial charge in [0, 0.05) is 25.7 Å². The van der Waals surface area contributed by atoms with Gasteiger partial charge in [-0.15, -0.1) is 0 Å². The molecule has 0 saturated heterocycles. The molecule has 3 rings (SSSR count). The number of aliphatic hydroxyl groups excluding tert-OH is 1. The average Bonchev–Trinajstić information content (AvgIpc) is 3.39. The second kappa shape index (κ2) is 7.20. The highest BCUT2D eigenvalue weighted by Crippen LogP contribution is 2.43. The zero-order valence-electron chi connectivity index (χ0n) is 14.0. The van der Waals surface area contributed by atoms with Crippen molar-refractivity contribution >= 4 is 6.03 Å². The third kappa shape index (κ3) is 3.95. The summed E-state index contributed by atoms with van der Waals surface area (Å²) in [6.07, 6.45) is 12.0. The van der Waals surface area contributed by atoms with E-state index in [1.54, 1.807) is 0 Å². The first-order valence-corrected chi connectivity index (χ1v) is 9.31. The zero-order chi connectivity index (χ0) is 15.5. The van der Waals surface area contributed by atoms with Gasteiger partial charge in [0.1, 0.15) is 0 Å². The minimum atomic E-state index is 0.119. The van der Waals surface area contributed by atoms with Gasteiger partial charge >= 0.3 is 6.03 Å². The van der Waals surface area contributed by atoms with Gasteiger partial charge in [-0.3, -0.25) is 0 Å². The van der Waals surface area contributed by atoms with Crippen LogP contribution in [0, 0.1) is 17.8 Å². The van der Waals surface area contributed by atoms with Gasteiger partial charge in [0.05, 0.1) is 0 Å². The predicted octanol–water partition coefficient (Wildman–Crippen LogP) is 3.15. The first kappa shape index (κ1) is 16.1. The lowest BCUT2D eigenvalue weighted by Crippen LogP contribution is -2.49. The Hall–Kier alpha value is -0.770. The minimum Gasteiger partial charge on any atom is -0.396 e. The number of nitrogens with zero attached hydrogens (tertiary/aromatic N) is 1. The molecule has 4 heteroatoms. The molecule has 4 nitrogen and oxygen atoms in total. The van der Waals surface area contributed by atoms with Crippen molar-refractivity contribution in [1.82, 2.24) is 10.2 Å². The van der Waals surface area contributed by atoms with Crippen molar-refractivity contribution in [2.45, 2.75) is 76.3 Å². The van der Waals surface area contributed by atoms with Crippen molar-refractivity contribution in [3.8, 4) is 0 Å². The molecule has 0 bridgehead atoms. The molecule has 22 heavy (non-hydrogen) atoms. The molecule has 0 heterocycles. The van der Waals surface area contributed by atoms with E-state index < -0.39 is 0 Å². The van der Waals surface area contributed by atoms with E-state index in [2.05, 4.69) is 5.32 Å². The molecule has 0 spiro atoms. The Morgan fingerprint density at radius 1 is 1.05 bits per heavy atom. The van der Waals surface area contributed by atoms with Gasteiger partial charge in [-0.2, -0.15) is 0 Å². The number of amides is 2. The number of aliphatic hydroxyl groups is 1. The summed E-state index contributed by atoms with van der Waals surface area (Å²) in [4.78, 5) is 14.4. The molecule has 0 aromatic heterocycles. The Kier molecular flexibility index (Phi) is 5.27. The standard InChI is InChI=1S/C18H32N2O2/c1-20(17-9-5-13(12-21)6-10-17)18(22)19-16-4-2-3-15(11-16)14-7-8-14/h13-17,21H,2-12H2,1H3,(H,19,22)/t13?,15-,16+,17?/m0/s1. The molecule has 2 N–H and O–H groups in total. The Morgan fingerprint density at radius 2 is 1.77 bits per heavy atom. The molecule has 3 saturated carbocycles. The number of urea groups is 1. The van der Waals surface area contributed by atoms with Crippen molar-refractivity contribution in [1.29, 1.82) is 0 Å². The monoisotopic (exact) mass is 308 g/mol. The van der Waals surface area contributed by atoms with E-state index in [1.165, 1.54) is 32.1 Å². The Bertz CT molecular complexity index is 375. The molecular weight excluding hydrogens is 276 g/mol. The predicted molar refractivity (Wildman–Crippen MR) is 87.6 cm³/mol. The Morgan fingerprint density at radius 3 is 2.41 bits per heavy atom. The first-order valence-electron chi connectivity index (χ1n) is 9.31. The largest absolute Gasteiger partial charge is 0.396 e. The first-order chi connectivity index (χ1) is 10.7. The Balaban J connectivity index is 1.44. The lowest BCUT2D eigenvalue weighted by Gasteiger charge is -2.36. The van der Waals surface area contributed by atoms with Gasteiger partial charge in [0.15, 0.2) is 0 Å². The normalized spacial score (nSPS) is 35.9. The summed E-state index contributed by atoms with van der Waals surface area (Å²) < 4.78 is 0. The van der Waals surface area contributed by atoms with Crippen LogP contribution in [-0.2, 0) is 0 Å². The maximum atomic E-state index is 12.5. The third-order valence-corrected chi connectivity index (χ3v) is 6.27. The fourth-order valence-corrected chi connectivity index (χ4v) is 4.51. The van der Waals surface area contributed by atoms with Gasteiger partial charge in [-0.05, 0) is 69.1 Å². The highest BCUT2D eigenvalue weighted by molar-refractivity contribution is 5.74. The third-order valence-electron chi connectivity index (χ3n) is 6.27. The van der Waals surface area contributed by atoms with E-state index in [-0.39, 0.29) is 6.03 Å². The molecule has 3 aliphatic rings. The van der Waals surface area contributed by atoms with Gasteiger partial charge in [-0.25, -0.2) is 4.79 Å². The summed E-state index contributed by atoms with van der Waals surface area (Å²) in [6, 6.07) is 0.864. The molecule has 3 aliphatic carbocycles. The van der Waals surface area contributed by atoms with Gasteiger partial charge < -0.3 is 15.3 Å². The quantitative estimate of drug-likeness (QED) is 0.838. The summed E-state index contributed by atoms with van der Waals surface area (Å²) in [5.41, 5.74) is 0. The summed E-state index contributed by atoms with van der Waals surface area (Å²) in [7, 11) is 1.94. The number of carbonyl (C=O) groups excluding carboxylic acids is 1. The van der Waals surface area contributed by atoms with Crippen LogP contribution in [0.15, 0.2) is 0 Å². The van der Waals surface area contributed by atoms with Crippen LogP contribution in [0.1, 0.15) is 64.2 Å². The summed E-state index contributed by atoms with van der Waals surface area (Å²) in [6.45, 7) is 0.299. The summed E-state index contributed by atoms with van der Waals surface area (Å²) in [5, 5.41) is 12.5. The minimum absolute atomic E-state index is 0.119. The molecule has 0 aliphatic heterocycles. The van der Waals surface area contributed by atoms with E-state index in [9.17, 15) is 9.90 Å². The van der Waals surface area contributed by atoms with Crippen LogP contribution in [0.25, 0.3) is 0 Å². The molecule has 126 valence electrons. The number of hydrogen-bond acceptors (Lipinski definition) is 2. The molecule has 3 fully saturated rings. The maximum absolute atomic E-state index is 12.5. The van der Waals surface area contributed by atoms with Crippen LogP contribution in [-0.4, -0.2) is 41.8 Å². The topological polar surface area (TPSA) is 52.6 Å². The van der Waals surface area contributed by atoms with Gasteiger partial charge in [0.25, 0.3) is 0 Å². The molecule has 0 aromatic carbocycles. The number of carbonyl (C=O) groups is 1. The highest BCUT2D eigenvalue weighted by Gasteiger charge is 2.35. The van der Waals surface area contributed by atoms with E-state index in [0.717, 1.165) is 43.9 Å². The second-order valence-electron chi connectivity index (χ2n) is 7.88. The molecular formula is C18H32N2O2. The second-order valence-corrected chi connectivity index (χ2v) is 7.88. The SMILES string of the molecule is CN(C(=O)N[C@@H]1CCC[C@H](C2CC2)C1)C1CCC(CO)CC1. The van der Waals surface area contributed by atoms with E-state index in [1.807, 2.05) is 11.9 Å². The van der Waals surface area contributed by atoms with Crippen LogP contribution in [0.5, 0.6) is 0 Å². The van der Waals surface area contributed by atoms with Crippen molar-refractivity contribution < 1.29 is 9.90 Å². The molecule has 2 amide bonds. The van der Waals surface area contributed by atoms with Gasteiger partial charge in [0.2, 0.25) is 0 Å². The van der Waals surface area contributed by atoms with Crippen molar-refractivity contribution in [2.24, 2.45) is 17.8 Å². The summed E-state index contributed by atoms with van der Waals surface area (Å²) >= 11 is 0. The van der Waals surface area contributed by atoms with Crippen LogP contribution >= 0.6 is 0 Å². The zero-order valence-corrected chi connectivity index (χ0v) is 14.0. The molecule has 0 aromatic rings. The van der Waals surface area contributed by atoms with Crippen LogP contribution < -0.4 is 5.32 Å². The number of rotatable bonds is 4. The molecule has 0 unspecified atom stereocenters. The fraction of sp³-hybridized carbons (Fsp3) is 0.944. The Labute approximate surface area is 134 Å².